The van der Waals surface area contributed by atoms with Gasteiger partial charge < -0.3 is 5.32 Å². The van der Waals surface area contributed by atoms with Crippen LogP contribution in [0.1, 0.15) is 46.0 Å². The predicted molar refractivity (Wildman–Crippen MR) is 49.9 cm³/mol. The lowest BCUT2D eigenvalue weighted by molar-refractivity contribution is -0.121. The van der Waals surface area contributed by atoms with E-state index in [1.807, 2.05) is 6.92 Å². The second-order valence-corrected chi connectivity index (χ2v) is 3.88. The van der Waals surface area contributed by atoms with Gasteiger partial charge in [-0.05, 0) is 31.6 Å². The van der Waals surface area contributed by atoms with Crippen molar-refractivity contribution in [2.75, 3.05) is 0 Å². The van der Waals surface area contributed by atoms with E-state index in [-0.39, 0.29) is 5.91 Å². The molecule has 1 aliphatic carbocycles. The summed E-state index contributed by atoms with van der Waals surface area (Å²) in [6.07, 6.45) is 5.51. The molecule has 70 valence electrons. The normalized spacial score (nSPS) is 29.8. The fraction of sp³-hybridized carbons (Fsp3) is 0.900. The summed E-state index contributed by atoms with van der Waals surface area (Å²) in [7, 11) is 0. The van der Waals surface area contributed by atoms with Crippen LogP contribution in [0, 0.1) is 5.92 Å². The molecule has 0 atom stereocenters. The predicted octanol–water partition coefficient (Wildman–Crippen LogP) is 2.09. The lowest BCUT2D eigenvalue weighted by atomic mass is 9.87. The number of hydrogen-bond acceptors (Lipinski definition) is 1. The topological polar surface area (TPSA) is 29.1 Å². The van der Waals surface area contributed by atoms with Crippen molar-refractivity contribution in [1.82, 2.24) is 5.32 Å². The van der Waals surface area contributed by atoms with Crippen molar-refractivity contribution in [2.24, 2.45) is 5.92 Å². The molecule has 2 nitrogen and oxygen atoms in total. The summed E-state index contributed by atoms with van der Waals surface area (Å²) in [6.45, 7) is 4.19. The Morgan fingerprint density at radius 2 is 1.92 bits per heavy atom. The molecule has 0 bridgehead atoms. The van der Waals surface area contributed by atoms with Crippen LogP contribution in [-0.2, 0) is 4.79 Å². The minimum Gasteiger partial charge on any atom is -0.353 e. The fourth-order valence-corrected chi connectivity index (χ4v) is 1.73. The molecule has 0 saturated heterocycles. The molecule has 0 heterocycles. The third-order valence-electron chi connectivity index (χ3n) is 2.70. The van der Waals surface area contributed by atoms with Crippen LogP contribution in [-0.4, -0.2) is 11.9 Å². The average Bonchev–Trinajstić information content (AvgIpc) is 2.09. The number of carbonyl (C=O) groups excluding carboxylic acids is 1. The number of amides is 1. The molecule has 0 unspecified atom stereocenters. The molecule has 1 aliphatic rings. The first-order chi connectivity index (χ1) is 5.72. The first kappa shape index (κ1) is 9.56. The maximum atomic E-state index is 11.1. The SMILES string of the molecule is CCC(=O)N[C@H]1CC[C@H](C)CC1. The van der Waals surface area contributed by atoms with Crippen molar-refractivity contribution in [2.45, 2.75) is 52.0 Å². The largest absolute Gasteiger partial charge is 0.353 e. The molecule has 0 aromatic heterocycles. The smallest absolute Gasteiger partial charge is 0.219 e. The summed E-state index contributed by atoms with van der Waals surface area (Å²) < 4.78 is 0. The minimum atomic E-state index is 0.203. The molecule has 1 fully saturated rings. The van der Waals surface area contributed by atoms with Crippen LogP contribution >= 0.6 is 0 Å². The highest BCUT2D eigenvalue weighted by Gasteiger charge is 2.18. The standard InChI is InChI=1S/C10H19NO/c1-3-10(12)11-9-6-4-8(2)5-7-9/h8-9H,3-7H2,1-2H3,(H,11,12)/t8-,9-. The van der Waals surface area contributed by atoms with Crippen LogP contribution in [0.2, 0.25) is 0 Å². The Balaban J connectivity index is 2.21. The molecule has 0 radical (unpaired) electrons. The monoisotopic (exact) mass is 169 g/mol. The molecule has 1 rings (SSSR count). The number of rotatable bonds is 2. The van der Waals surface area contributed by atoms with Gasteiger partial charge in [-0.2, -0.15) is 0 Å². The Bertz CT molecular complexity index is 148. The fourth-order valence-electron chi connectivity index (χ4n) is 1.73. The molecule has 1 N–H and O–H groups in total. The summed E-state index contributed by atoms with van der Waals surface area (Å²) in [5.74, 6) is 1.06. The summed E-state index contributed by atoms with van der Waals surface area (Å²) in [6, 6.07) is 0.466. The Labute approximate surface area is 74.7 Å². The van der Waals surface area contributed by atoms with Gasteiger partial charge in [-0.25, -0.2) is 0 Å². The summed E-state index contributed by atoms with van der Waals surface area (Å²) >= 11 is 0. The Hall–Kier alpha value is -0.530. The zero-order chi connectivity index (χ0) is 8.97. The van der Waals surface area contributed by atoms with E-state index in [2.05, 4.69) is 12.2 Å². The molecule has 1 saturated carbocycles. The van der Waals surface area contributed by atoms with Gasteiger partial charge in [0.05, 0.1) is 0 Å². The Morgan fingerprint density at radius 1 is 1.33 bits per heavy atom. The van der Waals surface area contributed by atoms with E-state index in [0.717, 1.165) is 5.92 Å². The van der Waals surface area contributed by atoms with E-state index in [1.54, 1.807) is 0 Å². The van der Waals surface area contributed by atoms with Crippen molar-refractivity contribution in [3.63, 3.8) is 0 Å². The number of carbonyl (C=O) groups is 1. The second kappa shape index (κ2) is 4.48. The molecule has 1 amide bonds. The van der Waals surface area contributed by atoms with Gasteiger partial charge in [0.15, 0.2) is 0 Å². The van der Waals surface area contributed by atoms with Crippen LogP contribution in [0.5, 0.6) is 0 Å². The first-order valence-electron chi connectivity index (χ1n) is 5.01. The quantitative estimate of drug-likeness (QED) is 0.673. The van der Waals surface area contributed by atoms with Crippen LogP contribution in [0.25, 0.3) is 0 Å². The summed E-state index contributed by atoms with van der Waals surface area (Å²) in [4.78, 5) is 11.1. The van der Waals surface area contributed by atoms with Crippen molar-refractivity contribution < 1.29 is 4.79 Å². The lowest BCUT2D eigenvalue weighted by Crippen LogP contribution is -2.36. The molecule has 12 heavy (non-hydrogen) atoms. The number of hydrogen-bond donors (Lipinski definition) is 1. The van der Waals surface area contributed by atoms with Crippen LogP contribution in [0.15, 0.2) is 0 Å². The first-order valence-corrected chi connectivity index (χ1v) is 5.01. The van der Waals surface area contributed by atoms with Gasteiger partial charge in [-0.3, -0.25) is 4.79 Å². The van der Waals surface area contributed by atoms with E-state index in [9.17, 15) is 4.79 Å². The van der Waals surface area contributed by atoms with Gasteiger partial charge >= 0.3 is 0 Å². The maximum Gasteiger partial charge on any atom is 0.219 e. The molecular weight excluding hydrogens is 150 g/mol. The molecule has 0 aliphatic heterocycles. The highest BCUT2D eigenvalue weighted by molar-refractivity contribution is 5.75. The van der Waals surface area contributed by atoms with E-state index in [4.69, 9.17) is 0 Å². The third-order valence-corrected chi connectivity index (χ3v) is 2.70. The average molecular weight is 169 g/mol. The van der Waals surface area contributed by atoms with Gasteiger partial charge in [0.1, 0.15) is 0 Å². The van der Waals surface area contributed by atoms with Crippen molar-refractivity contribution in [3.8, 4) is 0 Å². The molecule has 2 heteroatoms. The summed E-state index contributed by atoms with van der Waals surface area (Å²) in [5.41, 5.74) is 0. The van der Waals surface area contributed by atoms with Gasteiger partial charge in [0, 0.05) is 12.5 Å². The van der Waals surface area contributed by atoms with Crippen LogP contribution in [0.3, 0.4) is 0 Å². The lowest BCUT2D eigenvalue weighted by Gasteiger charge is -2.26. The zero-order valence-corrected chi connectivity index (χ0v) is 8.10. The number of nitrogens with one attached hydrogen (secondary N) is 1. The third kappa shape index (κ3) is 2.84. The Kier molecular flexibility index (Phi) is 3.57. The van der Waals surface area contributed by atoms with Gasteiger partial charge in [-0.15, -0.1) is 0 Å². The highest BCUT2D eigenvalue weighted by atomic mass is 16.1. The van der Waals surface area contributed by atoms with Gasteiger partial charge in [0.25, 0.3) is 0 Å². The van der Waals surface area contributed by atoms with E-state index in [1.165, 1.54) is 25.7 Å². The van der Waals surface area contributed by atoms with Crippen LogP contribution < -0.4 is 5.32 Å². The van der Waals surface area contributed by atoms with Crippen molar-refractivity contribution >= 4 is 5.91 Å². The van der Waals surface area contributed by atoms with E-state index >= 15 is 0 Å². The van der Waals surface area contributed by atoms with E-state index in [0.29, 0.717) is 12.5 Å². The van der Waals surface area contributed by atoms with Gasteiger partial charge in [-0.1, -0.05) is 13.8 Å². The maximum absolute atomic E-state index is 11.1. The molecule has 0 aromatic rings. The summed E-state index contributed by atoms with van der Waals surface area (Å²) in [5, 5.41) is 3.05. The van der Waals surface area contributed by atoms with Crippen LogP contribution in [0.4, 0.5) is 0 Å². The molecule has 0 aromatic carbocycles. The second-order valence-electron chi connectivity index (χ2n) is 3.88. The highest BCUT2D eigenvalue weighted by Crippen LogP contribution is 2.23. The molecule has 0 spiro atoms. The molecular formula is C10H19NO. The zero-order valence-electron chi connectivity index (χ0n) is 8.10. The van der Waals surface area contributed by atoms with Crippen molar-refractivity contribution in [1.29, 1.82) is 0 Å². The van der Waals surface area contributed by atoms with E-state index < -0.39 is 0 Å². The Morgan fingerprint density at radius 3 is 2.42 bits per heavy atom. The van der Waals surface area contributed by atoms with Crippen molar-refractivity contribution in [3.05, 3.63) is 0 Å². The van der Waals surface area contributed by atoms with Gasteiger partial charge in [0.2, 0.25) is 5.91 Å². The minimum absolute atomic E-state index is 0.203.